The van der Waals surface area contributed by atoms with Gasteiger partial charge in [-0.15, -0.1) is 0 Å². The first-order chi connectivity index (χ1) is 8.04. The zero-order valence-electron chi connectivity index (χ0n) is 11.0. The van der Waals surface area contributed by atoms with E-state index in [-0.39, 0.29) is 11.8 Å². The van der Waals surface area contributed by atoms with Gasteiger partial charge in [0.05, 0.1) is 6.54 Å². The Balaban J connectivity index is 2.46. The summed E-state index contributed by atoms with van der Waals surface area (Å²) >= 11 is 0. The molecule has 0 saturated carbocycles. The number of hydrogen-bond donors (Lipinski definition) is 1. The quantitative estimate of drug-likeness (QED) is 0.810. The minimum absolute atomic E-state index is 0.0204. The van der Waals surface area contributed by atoms with Crippen LogP contribution in [0.1, 0.15) is 25.3 Å². The number of nitrogens with zero attached hydrogens (tertiary/aromatic N) is 2. The second kappa shape index (κ2) is 6.39. The molecule has 1 atom stereocenters. The molecule has 1 heterocycles. The van der Waals surface area contributed by atoms with E-state index in [0.29, 0.717) is 13.1 Å². The first kappa shape index (κ1) is 13.7. The Labute approximate surface area is 102 Å². The van der Waals surface area contributed by atoms with Gasteiger partial charge in [0.15, 0.2) is 0 Å². The minimum atomic E-state index is -0.0204. The van der Waals surface area contributed by atoms with Crippen LogP contribution in [0, 0.1) is 12.8 Å². The molecule has 0 aliphatic carbocycles. The molecule has 0 spiro atoms. The van der Waals surface area contributed by atoms with Gasteiger partial charge in [-0.2, -0.15) is 0 Å². The normalized spacial score (nSPS) is 12.5. The van der Waals surface area contributed by atoms with Crippen LogP contribution in [0.5, 0.6) is 0 Å². The van der Waals surface area contributed by atoms with Crippen molar-refractivity contribution < 1.29 is 9.32 Å². The molecule has 1 aromatic rings. The lowest BCUT2D eigenvalue weighted by atomic mass is 10.1. The summed E-state index contributed by atoms with van der Waals surface area (Å²) in [6, 6.07) is 1.85. The molecule has 0 aliphatic heterocycles. The second-order valence-corrected chi connectivity index (χ2v) is 4.33. The molecule has 0 fully saturated rings. The molecule has 5 heteroatoms. The molecule has 0 saturated heterocycles. The molecule has 0 aliphatic rings. The van der Waals surface area contributed by atoms with E-state index in [1.165, 1.54) is 0 Å². The first-order valence-electron chi connectivity index (χ1n) is 5.92. The molecule has 1 aromatic heterocycles. The van der Waals surface area contributed by atoms with Crippen LogP contribution in [0.25, 0.3) is 0 Å². The van der Waals surface area contributed by atoms with Crippen LogP contribution in [0.15, 0.2) is 10.6 Å². The Bertz CT molecular complexity index is 362. The van der Waals surface area contributed by atoms with Crippen molar-refractivity contribution in [2.24, 2.45) is 5.92 Å². The van der Waals surface area contributed by atoms with Gasteiger partial charge >= 0.3 is 0 Å². The number of carbonyl (C=O) groups excluding carboxylic acids is 1. The van der Waals surface area contributed by atoms with Crippen LogP contribution in [0.2, 0.25) is 0 Å². The number of nitrogens with one attached hydrogen (secondary N) is 1. The van der Waals surface area contributed by atoms with Crippen molar-refractivity contribution in [2.45, 2.75) is 27.3 Å². The molecule has 0 aromatic carbocycles. The van der Waals surface area contributed by atoms with Crippen molar-refractivity contribution in [3.05, 3.63) is 17.5 Å². The molecule has 0 radical (unpaired) electrons. The Morgan fingerprint density at radius 3 is 2.88 bits per heavy atom. The van der Waals surface area contributed by atoms with E-state index in [2.05, 4.69) is 10.5 Å². The predicted octanol–water partition coefficient (Wildman–Crippen LogP) is 1.19. The van der Waals surface area contributed by atoms with Gasteiger partial charge in [0, 0.05) is 25.6 Å². The smallest absolute Gasteiger partial charge is 0.226 e. The highest BCUT2D eigenvalue weighted by molar-refractivity contribution is 5.78. The fourth-order valence-corrected chi connectivity index (χ4v) is 1.64. The lowest BCUT2D eigenvalue weighted by molar-refractivity contribution is -0.134. The summed E-state index contributed by atoms with van der Waals surface area (Å²) < 4.78 is 4.97. The third-order valence-electron chi connectivity index (χ3n) is 2.57. The number of amides is 1. The highest BCUT2D eigenvalue weighted by atomic mass is 16.5. The minimum Gasteiger partial charge on any atom is -0.361 e. The zero-order chi connectivity index (χ0) is 12.8. The third kappa shape index (κ3) is 4.19. The first-order valence-corrected chi connectivity index (χ1v) is 5.92. The maximum atomic E-state index is 12.0. The Kier molecular flexibility index (Phi) is 5.15. The molecular formula is C12H21N3O2. The van der Waals surface area contributed by atoms with Crippen LogP contribution in [0.4, 0.5) is 0 Å². The van der Waals surface area contributed by atoms with Crippen molar-refractivity contribution in [1.29, 1.82) is 0 Å². The summed E-state index contributed by atoms with van der Waals surface area (Å²) in [6.45, 7) is 7.87. The molecule has 1 rings (SSSR count). The van der Waals surface area contributed by atoms with E-state index in [4.69, 9.17) is 4.52 Å². The zero-order valence-corrected chi connectivity index (χ0v) is 11.0. The van der Waals surface area contributed by atoms with Crippen molar-refractivity contribution in [3.8, 4) is 0 Å². The van der Waals surface area contributed by atoms with Crippen LogP contribution in [-0.2, 0) is 11.3 Å². The lowest BCUT2D eigenvalue weighted by Gasteiger charge is -2.20. The summed E-state index contributed by atoms with van der Waals surface area (Å²) in [4.78, 5) is 13.7. The van der Waals surface area contributed by atoms with Crippen LogP contribution >= 0.6 is 0 Å². The predicted molar refractivity (Wildman–Crippen MR) is 65.4 cm³/mol. The van der Waals surface area contributed by atoms with E-state index >= 15 is 0 Å². The van der Waals surface area contributed by atoms with E-state index in [9.17, 15) is 4.79 Å². The SMILES string of the molecule is CCNCC(C)C(=O)N(C)Cc1cc(C)on1. The third-order valence-corrected chi connectivity index (χ3v) is 2.57. The summed E-state index contributed by atoms with van der Waals surface area (Å²) in [5, 5.41) is 7.05. The molecule has 1 amide bonds. The van der Waals surface area contributed by atoms with E-state index in [1.807, 2.05) is 26.8 Å². The number of rotatable bonds is 6. The molecular weight excluding hydrogens is 218 g/mol. The van der Waals surface area contributed by atoms with Gasteiger partial charge in [-0.3, -0.25) is 4.79 Å². The number of aryl methyl sites for hydroxylation is 1. The van der Waals surface area contributed by atoms with Crippen LogP contribution in [-0.4, -0.2) is 36.1 Å². The molecule has 0 bridgehead atoms. The summed E-state index contributed by atoms with van der Waals surface area (Å²) in [7, 11) is 1.79. The molecule has 1 N–H and O–H groups in total. The van der Waals surface area contributed by atoms with E-state index < -0.39 is 0 Å². The summed E-state index contributed by atoms with van der Waals surface area (Å²) in [5.41, 5.74) is 0.786. The average molecular weight is 239 g/mol. The highest BCUT2D eigenvalue weighted by Crippen LogP contribution is 2.07. The lowest BCUT2D eigenvalue weighted by Crippen LogP contribution is -2.36. The van der Waals surface area contributed by atoms with Crippen molar-refractivity contribution >= 4 is 5.91 Å². The Hall–Kier alpha value is -1.36. The Morgan fingerprint density at radius 1 is 1.65 bits per heavy atom. The summed E-state index contributed by atoms with van der Waals surface area (Å²) in [6.07, 6.45) is 0. The number of carbonyl (C=O) groups is 1. The van der Waals surface area contributed by atoms with Gasteiger partial charge in [-0.25, -0.2) is 0 Å². The fourth-order valence-electron chi connectivity index (χ4n) is 1.64. The molecule has 1 unspecified atom stereocenters. The van der Waals surface area contributed by atoms with E-state index in [0.717, 1.165) is 18.0 Å². The fraction of sp³-hybridized carbons (Fsp3) is 0.667. The molecule has 17 heavy (non-hydrogen) atoms. The standard InChI is InChI=1S/C12H21N3O2/c1-5-13-7-9(2)12(16)15(4)8-11-6-10(3)17-14-11/h6,9,13H,5,7-8H2,1-4H3. The molecule has 96 valence electrons. The van der Waals surface area contributed by atoms with Gasteiger partial charge in [-0.05, 0) is 13.5 Å². The van der Waals surface area contributed by atoms with E-state index in [1.54, 1.807) is 11.9 Å². The van der Waals surface area contributed by atoms with Crippen LogP contribution < -0.4 is 5.32 Å². The maximum Gasteiger partial charge on any atom is 0.226 e. The van der Waals surface area contributed by atoms with Gasteiger partial charge < -0.3 is 14.7 Å². The van der Waals surface area contributed by atoms with Crippen molar-refractivity contribution in [3.63, 3.8) is 0 Å². The average Bonchev–Trinajstić information content (AvgIpc) is 2.70. The van der Waals surface area contributed by atoms with Gasteiger partial charge in [0.1, 0.15) is 11.5 Å². The topological polar surface area (TPSA) is 58.4 Å². The maximum absolute atomic E-state index is 12.0. The van der Waals surface area contributed by atoms with Crippen molar-refractivity contribution in [2.75, 3.05) is 20.1 Å². The largest absolute Gasteiger partial charge is 0.361 e. The number of aromatic nitrogens is 1. The Morgan fingerprint density at radius 2 is 2.35 bits per heavy atom. The van der Waals surface area contributed by atoms with Crippen molar-refractivity contribution in [1.82, 2.24) is 15.4 Å². The number of hydrogen-bond acceptors (Lipinski definition) is 4. The van der Waals surface area contributed by atoms with Crippen LogP contribution in [0.3, 0.4) is 0 Å². The second-order valence-electron chi connectivity index (χ2n) is 4.33. The summed E-state index contributed by atoms with van der Waals surface area (Å²) in [5.74, 6) is 0.862. The monoisotopic (exact) mass is 239 g/mol. The highest BCUT2D eigenvalue weighted by Gasteiger charge is 2.17. The molecule has 5 nitrogen and oxygen atoms in total. The van der Waals surface area contributed by atoms with Gasteiger partial charge in [0.25, 0.3) is 0 Å². The van der Waals surface area contributed by atoms with Gasteiger partial charge in [-0.1, -0.05) is 19.0 Å². The van der Waals surface area contributed by atoms with Gasteiger partial charge in [0.2, 0.25) is 5.91 Å².